The third-order valence-electron chi connectivity index (χ3n) is 4.23. The Kier molecular flexibility index (Phi) is 5.64. The molecule has 0 aliphatic carbocycles. The average Bonchev–Trinajstić information content (AvgIpc) is 2.98. The van der Waals surface area contributed by atoms with Gasteiger partial charge in [-0.25, -0.2) is 12.7 Å². The molecule has 1 aromatic heterocycles. The summed E-state index contributed by atoms with van der Waals surface area (Å²) in [6.45, 7) is 6.33. The summed E-state index contributed by atoms with van der Waals surface area (Å²) in [5.74, 6) is -0.421. The molecule has 0 radical (unpaired) electrons. The van der Waals surface area contributed by atoms with Crippen LogP contribution < -0.4 is 4.80 Å². The van der Waals surface area contributed by atoms with Crippen LogP contribution in [0, 0.1) is 6.92 Å². The number of amides is 1. The standard InChI is InChI=1S/C20H21N3O3S2/c1-5-12-23-17-11-6-14(2)13-18(17)27-20(23)21-19(24)15-7-9-16(10-8-15)28(25,26)22(3)4/h5-11,13H,1,12H2,2-4H3. The molecule has 1 amide bonds. The summed E-state index contributed by atoms with van der Waals surface area (Å²) >= 11 is 1.44. The lowest BCUT2D eigenvalue weighted by molar-refractivity contribution is 0.0998. The van der Waals surface area contributed by atoms with Crippen LogP contribution in [0.3, 0.4) is 0 Å². The van der Waals surface area contributed by atoms with Gasteiger partial charge in [-0.2, -0.15) is 4.99 Å². The Labute approximate surface area is 168 Å². The largest absolute Gasteiger partial charge is 0.312 e. The Morgan fingerprint density at radius 1 is 1.21 bits per heavy atom. The molecule has 0 aliphatic rings. The summed E-state index contributed by atoms with van der Waals surface area (Å²) in [6.07, 6.45) is 1.76. The number of benzene rings is 2. The van der Waals surface area contributed by atoms with Gasteiger partial charge in [-0.3, -0.25) is 4.79 Å². The fourth-order valence-electron chi connectivity index (χ4n) is 2.70. The van der Waals surface area contributed by atoms with Gasteiger partial charge in [-0.05, 0) is 48.9 Å². The first kappa shape index (κ1) is 20.2. The Bertz CT molecular complexity index is 1220. The number of aryl methyl sites for hydroxylation is 1. The minimum absolute atomic E-state index is 0.133. The summed E-state index contributed by atoms with van der Waals surface area (Å²) in [5.41, 5.74) is 2.46. The van der Waals surface area contributed by atoms with E-state index in [9.17, 15) is 13.2 Å². The monoisotopic (exact) mass is 415 g/mol. The first-order valence-electron chi connectivity index (χ1n) is 8.56. The second kappa shape index (κ2) is 7.83. The van der Waals surface area contributed by atoms with E-state index in [1.54, 1.807) is 6.08 Å². The maximum absolute atomic E-state index is 12.7. The van der Waals surface area contributed by atoms with Crippen molar-refractivity contribution in [2.45, 2.75) is 18.4 Å². The van der Waals surface area contributed by atoms with Gasteiger partial charge in [0.15, 0.2) is 4.80 Å². The molecule has 3 rings (SSSR count). The van der Waals surface area contributed by atoms with E-state index < -0.39 is 15.9 Å². The van der Waals surface area contributed by atoms with Crippen LogP contribution in [0.4, 0.5) is 0 Å². The summed E-state index contributed by atoms with van der Waals surface area (Å²) in [5, 5.41) is 0. The van der Waals surface area contributed by atoms with Gasteiger partial charge < -0.3 is 4.57 Å². The Morgan fingerprint density at radius 2 is 1.89 bits per heavy atom. The van der Waals surface area contributed by atoms with Gasteiger partial charge in [0.2, 0.25) is 10.0 Å². The van der Waals surface area contributed by atoms with Crippen LogP contribution in [-0.4, -0.2) is 37.3 Å². The van der Waals surface area contributed by atoms with Gasteiger partial charge in [0.25, 0.3) is 5.91 Å². The van der Waals surface area contributed by atoms with Crippen molar-refractivity contribution in [1.82, 2.24) is 8.87 Å². The molecule has 146 valence electrons. The van der Waals surface area contributed by atoms with Crippen molar-refractivity contribution >= 4 is 37.5 Å². The minimum atomic E-state index is -3.54. The lowest BCUT2D eigenvalue weighted by atomic mass is 10.2. The summed E-state index contributed by atoms with van der Waals surface area (Å²) < 4.78 is 28.4. The van der Waals surface area contributed by atoms with Crippen molar-refractivity contribution in [2.24, 2.45) is 4.99 Å². The predicted molar refractivity (Wildman–Crippen MR) is 112 cm³/mol. The van der Waals surface area contributed by atoms with Crippen LogP contribution in [0.5, 0.6) is 0 Å². The van der Waals surface area contributed by atoms with Crippen molar-refractivity contribution in [3.63, 3.8) is 0 Å². The van der Waals surface area contributed by atoms with Crippen molar-refractivity contribution < 1.29 is 13.2 Å². The number of aromatic nitrogens is 1. The Morgan fingerprint density at radius 3 is 2.50 bits per heavy atom. The summed E-state index contributed by atoms with van der Waals surface area (Å²) in [4.78, 5) is 17.6. The number of nitrogens with zero attached hydrogens (tertiary/aromatic N) is 3. The molecular formula is C20H21N3O3S2. The van der Waals surface area contributed by atoms with Crippen molar-refractivity contribution in [1.29, 1.82) is 0 Å². The fourth-order valence-corrected chi connectivity index (χ4v) is 4.74. The molecule has 8 heteroatoms. The van der Waals surface area contributed by atoms with Gasteiger partial charge >= 0.3 is 0 Å². The number of carbonyl (C=O) groups is 1. The Hall–Kier alpha value is -2.55. The molecule has 0 unspecified atom stereocenters. The first-order valence-corrected chi connectivity index (χ1v) is 10.8. The van der Waals surface area contributed by atoms with Crippen LogP contribution in [0.2, 0.25) is 0 Å². The second-order valence-electron chi connectivity index (χ2n) is 6.48. The van der Waals surface area contributed by atoms with E-state index >= 15 is 0 Å². The highest BCUT2D eigenvalue weighted by Gasteiger charge is 2.17. The third-order valence-corrected chi connectivity index (χ3v) is 7.10. The molecular weight excluding hydrogens is 394 g/mol. The highest BCUT2D eigenvalue weighted by atomic mass is 32.2. The van der Waals surface area contributed by atoms with Crippen molar-refractivity contribution in [2.75, 3.05) is 14.1 Å². The highest BCUT2D eigenvalue weighted by Crippen LogP contribution is 2.19. The number of sulfonamides is 1. The number of hydrogen-bond acceptors (Lipinski definition) is 4. The lowest BCUT2D eigenvalue weighted by Gasteiger charge is -2.11. The first-order chi connectivity index (χ1) is 13.2. The van der Waals surface area contributed by atoms with E-state index in [-0.39, 0.29) is 4.90 Å². The average molecular weight is 416 g/mol. The zero-order chi connectivity index (χ0) is 20.5. The number of fused-ring (bicyclic) bond motifs is 1. The summed E-state index contributed by atoms with van der Waals surface area (Å²) in [7, 11) is -0.608. The fraction of sp³-hybridized carbons (Fsp3) is 0.200. The normalized spacial score (nSPS) is 12.6. The molecule has 0 bridgehead atoms. The van der Waals surface area contributed by atoms with Crippen LogP contribution in [0.1, 0.15) is 15.9 Å². The van der Waals surface area contributed by atoms with Crippen LogP contribution >= 0.6 is 11.3 Å². The molecule has 3 aromatic rings. The number of thiazole rings is 1. The molecule has 0 saturated carbocycles. The van der Waals surface area contributed by atoms with Gasteiger partial charge in [-0.1, -0.05) is 23.5 Å². The topological polar surface area (TPSA) is 71.7 Å². The molecule has 28 heavy (non-hydrogen) atoms. The maximum atomic E-state index is 12.7. The number of carbonyl (C=O) groups excluding carboxylic acids is 1. The van der Waals surface area contributed by atoms with Gasteiger partial charge in [0.05, 0.1) is 15.1 Å². The molecule has 0 atom stereocenters. The number of rotatable bonds is 5. The molecule has 0 saturated heterocycles. The molecule has 6 nitrogen and oxygen atoms in total. The van der Waals surface area contributed by atoms with Crippen LogP contribution in [-0.2, 0) is 16.6 Å². The van der Waals surface area contributed by atoms with E-state index in [0.29, 0.717) is 16.9 Å². The Balaban J connectivity index is 2.03. The van der Waals surface area contributed by atoms with Crippen LogP contribution in [0.15, 0.2) is 65.0 Å². The quantitative estimate of drug-likeness (QED) is 0.601. The minimum Gasteiger partial charge on any atom is -0.312 e. The van der Waals surface area contributed by atoms with E-state index in [1.807, 2.05) is 23.6 Å². The highest BCUT2D eigenvalue weighted by molar-refractivity contribution is 7.89. The maximum Gasteiger partial charge on any atom is 0.279 e. The molecule has 1 heterocycles. The molecule has 2 aromatic carbocycles. The SMILES string of the molecule is C=CCn1c(=NC(=O)c2ccc(S(=O)(=O)N(C)C)cc2)sc2cc(C)ccc21. The smallest absolute Gasteiger partial charge is 0.279 e. The zero-order valence-electron chi connectivity index (χ0n) is 15.9. The van der Waals surface area contributed by atoms with Gasteiger partial charge in [0, 0.05) is 26.2 Å². The number of hydrogen-bond donors (Lipinski definition) is 0. The van der Waals surface area contributed by atoms with E-state index in [0.717, 1.165) is 20.1 Å². The molecule has 0 aliphatic heterocycles. The van der Waals surface area contributed by atoms with E-state index in [1.165, 1.54) is 49.7 Å². The summed E-state index contributed by atoms with van der Waals surface area (Å²) in [6, 6.07) is 11.9. The third kappa shape index (κ3) is 3.84. The van der Waals surface area contributed by atoms with E-state index in [4.69, 9.17) is 0 Å². The predicted octanol–water partition coefficient (Wildman–Crippen LogP) is 3.19. The van der Waals surface area contributed by atoms with Crippen molar-refractivity contribution in [3.05, 3.63) is 71.0 Å². The van der Waals surface area contributed by atoms with Crippen LogP contribution in [0.25, 0.3) is 10.2 Å². The second-order valence-corrected chi connectivity index (χ2v) is 9.64. The number of allylic oxidation sites excluding steroid dienone is 1. The molecule has 0 spiro atoms. The molecule has 0 fully saturated rings. The lowest BCUT2D eigenvalue weighted by Crippen LogP contribution is -2.22. The van der Waals surface area contributed by atoms with Gasteiger partial charge in [0.1, 0.15) is 0 Å². The van der Waals surface area contributed by atoms with E-state index in [2.05, 4.69) is 17.6 Å². The zero-order valence-corrected chi connectivity index (χ0v) is 17.5. The molecule has 0 N–H and O–H groups in total. The van der Waals surface area contributed by atoms with Crippen molar-refractivity contribution in [3.8, 4) is 0 Å². The van der Waals surface area contributed by atoms with Gasteiger partial charge in [-0.15, -0.1) is 6.58 Å².